The van der Waals surface area contributed by atoms with Crippen molar-refractivity contribution in [2.45, 2.75) is 52.1 Å². The van der Waals surface area contributed by atoms with E-state index in [1.165, 1.54) is 25.7 Å². The summed E-state index contributed by atoms with van der Waals surface area (Å²) in [5.41, 5.74) is 2.14. The molecule has 0 bridgehead atoms. The predicted octanol–water partition coefficient (Wildman–Crippen LogP) is 3.91. The minimum atomic E-state index is 0.115. The highest BCUT2D eigenvalue weighted by atomic mass is 16.5. The molecule has 0 saturated heterocycles. The zero-order valence-corrected chi connectivity index (χ0v) is 12.5. The second-order valence-corrected chi connectivity index (χ2v) is 4.90. The Bertz CT molecular complexity index is 415. The Morgan fingerprint density at radius 2 is 1.90 bits per heavy atom. The molecule has 0 aliphatic heterocycles. The highest BCUT2D eigenvalue weighted by molar-refractivity contribution is 5.40. The van der Waals surface area contributed by atoms with Crippen LogP contribution in [0.3, 0.4) is 0 Å². The van der Waals surface area contributed by atoms with E-state index in [4.69, 9.17) is 9.84 Å². The molecule has 0 aliphatic rings. The number of hydrogen-bond acceptors (Lipinski definition) is 2. The Morgan fingerprint density at radius 1 is 1.10 bits per heavy atom. The van der Waals surface area contributed by atoms with Gasteiger partial charge in [-0.3, -0.25) is 0 Å². The molecule has 0 heterocycles. The van der Waals surface area contributed by atoms with Crippen molar-refractivity contribution in [1.29, 1.82) is 0 Å². The second kappa shape index (κ2) is 11.5. The fraction of sp³-hybridized carbons (Fsp3) is 0.556. The maximum Gasteiger partial charge on any atom is 0.0728 e. The number of unbranched alkanes of at least 4 members (excludes halogenated alkanes) is 4. The molecule has 1 aromatic carbocycles. The van der Waals surface area contributed by atoms with Crippen LogP contribution in [0.2, 0.25) is 0 Å². The number of aliphatic hydroxyl groups excluding tert-OH is 1. The lowest BCUT2D eigenvalue weighted by molar-refractivity contribution is 0.116. The molecular formula is C18H26O2. The molecule has 0 aliphatic carbocycles. The van der Waals surface area contributed by atoms with Gasteiger partial charge in [0, 0.05) is 18.6 Å². The van der Waals surface area contributed by atoms with Crippen molar-refractivity contribution in [2.75, 3.05) is 13.2 Å². The Balaban J connectivity index is 2.31. The van der Waals surface area contributed by atoms with E-state index < -0.39 is 0 Å². The number of benzene rings is 1. The third-order valence-corrected chi connectivity index (χ3v) is 3.13. The molecule has 0 unspecified atom stereocenters. The van der Waals surface area contributed by atoms with Gasteiger partial charge in [-0.05, 0) is 18.1 Å². The lowest BCUT2D eigenvalue weighted by Gasteiger charge is -2.06. The molecule has 20 heavy (non-hydrogen) atoms. The Morgan fingerprint density at radius 3 is 2.70 bits per heavy atom. The van der Waals surface area contributed by atoms with E-state index in [0.29, 0.717) is 13.0 Å². The van der Waals surface area contributed by atoms with Crippen LogP contribution in [-0.2, 0) is 11.3 Å². The third-order valence-electron chi connectivity index (χ3n) is 3.13. The molecule has 0 radical (unpaired) electrons. The Hall–Kier alpha value is -1.30. The highest BCUT2D eigenvalue weighted by Crippen LogP contribution is 2.10. The first-order valence-electron chi connectivity index (χ1n) is 7.64. The predicted molar refractivity (Wildman–Crippen MR) is 83.4 cm³/mol. The smallest absolute Gasteiger partial charge is 0.0728 e. The summed E-state index contributed by atoms with van der Waals surface area (Å²) in [6.07, 6.45) is 6.82. The molecule has 1 rings (SSSR count). The number of aliphatic hydroxyl groups is 1. The molecule has 0 amide bonds. The minimum Gasteiger partial charge on any atom is -0.395 e. The molecule has 0 fully saturated rings. The molecule has 0 atom stereocenters. The summed E-state index contributed by atoms with van der Waals surface area (Å²) < 4.78 is 5.73. The minimum absolute atomic E-state index is 0.115. The summed E-state index contributed by atoms with van der Waals surface area (Å²) in [6.45, 7) is 3.79. The average molecular weight is 274 g/mol. The first-order chi connectivity index (χ1) is 9.88. The zero-order chi connectivity index (χ0) is 14.5. The van der Waals surface area contributed by atoms with Crippen molar-refractivity contribution in [2.24, 2.45) is 0 Å². The van der Waals surface area contributed by atoms with Gasteiger partial charge in [-0.25, -0.2) is 0 Å². The van der Waals surface area contributed by atoms with Gasteiger partial charge in [-0.15, -0.1) is 0 Å². The number of ether oxygens (including phenoxy) is 1. The van der Waals surface area contributed by atoms with Crippen molar-refractivity contribution < 1.29 is 9.84 Å². The van der Waals surface area contributed by atoms with Crippen molar-refractivity contribution in [3.05, 3.63) is 35.4 Å². The molecule has 0 saturated carbocycles. The van der Waals surface area contributed by atoms with Crippen LogP contribution in [0.25, 0.3) is 0 Å². The van der Waals surface area contributed by atoms with Crippen LogP contribution >= 0.6 is 0 Å². The van der Waals surface area contributed by atoms with E-state index in [1.54, 1.807) is 0 Å². The lowest BCUT2D eigenvalue weighted by atomic mass is 10.1. The van der Waals surface area contributed by atoms with E-state index in [9.17, 15) is 0 Å². The maximum atomic E-state index is 8.75. The van der Waals surface area contributed by atoms with Crippen LogP contribution in [0.1, 0.15) is 56.6 Å². The standard InChI is InChI=1S/C18H26O2/c1-2-3-4-5-10-15-20-16-18-13-7-6-11-17(18)12-8-9-14-19/h6-7,11,13,19H,2-5,9-10,14-16H2,1H3. The SMILES string of the molecule is CCCCCCCOCc1ccccc1C#CCCO. The van der Waals surface area contributed by atoms with E-state index in [-0.39, 0.29) is 6.61 Å². The van der Waals surface area contributed by atoms with Crippen LogP contribution in [0.15, 0.2) is 24.3 Å². The molecule has 0 aromatic heterocycles. The molecule has 110 valence electrons. The molecule has 2 nitrogen and oxygen atoms in total. The molecule has 1 aromatic rings. The van der Waals surface area contributed by atoms with Crippen LogP contribution in [-0.4, -0.2) is 18.3 Å². The van der Waals surface area contributed by atoms with E-state index in [0.717, 1.165) is 24.2 Å². The molecule has 2 heteroatoms. The van der Waals surface area contributed by atoms with Gasteiger partial charge in [0.25, 0.3) is 0 Å². The fourth-order valence-corrected chi connectivity index (χ4v) is 1.97. The summed E-state index contributed by atoms with van der Waals surface area (Å²) in [5, 5.41) is 8.75. The average Bonchev–Trinajstić information content (AvgIpc) is 2.48. The van der Waals surface area contributed by atoms with E-state index >= 15 is 0 Å². The summed E-state index contributed by atoms with van der Waals surface area (Å²) in [4.78, 5) is 0. The van der Waals surface area contributed by atoms with Crippen LogP contribution in [0.5, 0.6) is 0 Å². The van der Waals surface area contributed by atoms with Gasteiger partial charge in [0.15, 0.2) is 0 Å². The summed E-state index contributed by atoms with van der Waals surface area (Å²) in [5.74, 6) is 6.05. The van der Waals surface area contributed by atoms with Gasteiger partial charge in [0.2, 0.25) is 0 Å². The Kier molecular flexibility index (Phi) is 9.65. The van der Waals surface area contributed by atoms with E-state index in [1.807, 2.05) is 18.2 Å². The monoisotopic (exact) mass is 274 g/mol. The number of rotatable bonds is 9. The van der Waals surface area contributed by atoms with Crippen molar-refractivity contribution >= 4 is 0 Å². The van der Waals surface area contributed by atoms with Crippen molar-refractivity contribution in [3.8, 4) is 11.8 Å². The van der Waals surface area contributed by atoms with Crippen molar-refractivity contribution in [1.82, 2.24) is 0 Å². The van der Waals surface area contributed by atoms with Gasteiger partial charge in [0.05, 0.1) is 13.2 Å². The third kappa shape index (κ3) is 7.33. The van der Waals surface area contributed by atoms with Crippen LogP contribution < -0.4 is 0 Å². The normalized spacial score (nSPS) is 10.1. The maximum absolute atomic E-state index is 8.75. The zero-order valence-electron chi connectivity index (χ0n) is 12.5. The first kappa shape index (κ1) is 16.8. The van der Waals surface area contributed by atoms with Gasteiger partial charge in [0.1, 0.15) is 0 Å². The lowest BCUT2D eigenvalue weighted by Crippen LogP contribution is -1.98. The summed E-state index contributed by atoms with van der Waals surface area (Å²) in [6, 6.07) is 8.05. The van der Waals surface area contributed by atoms with Gasteiger partial charge in [-0.1, -0.05) is 62.6 Å². The van der Waals surface area contributed by atoms with E-state index in [2.05, 4.69) is 24.8 Å². The largest absolute Gasteiger partial charge is 0.395 e. The quantitative estimate of drug-likeness (QED) is 0.546. The Labute approximate surface area is 123 Å². The van der Waals surface area contributed by atoms with Crippen molar-refractivity contribution in [3.63, 3.8) is 0 Å². The van der Waals surface area contributed by atoms with Crippen LogP contribution in [0, 0.1) is 11.8 Å². The van der Waals surface area contributed by atoms with Crippen LogP contribution in [0.4, 0.5) is 0 Å². The summed E-state index contributed by atoms with van der Waals surface area (Å²) >= 11 is 0. The molecule has 0 spiro atoms. The number of hydrogen-bond donors (Lipinski definition) is 1. The van der Waals surface area contributed by atoms with Gasteiger partial charge in [-0.2, -0.15) is 0 Å². The first-order valence-corrected chi connectivity index (χ1v) is 7.64. The van der Waals surface area contributed by atoms with Gasteiger partial charge < -0.3 is 9.84 Å². The molecular weight excluding hydrogens is 248 g/mol. The highest BCUT2D eigenvalue weighted by Gasteiger charge is 1.99. The fourth-order valence-electron chi connectivity index (χ4n) is 1.97. The second-order valence-electron chi connectivity index (χ2n) is 4.90. The summed E-state index contributed by atoms with van der Waals surface area (Å²) in [7, 11) is 0. The van der Waals surface area contributed by atoms with Gasteiger partial charge >= 0.3 is 0 Å². The topological polar surface area (TPSA) is 29.5 Å². The molecule has 1 N–H and O–H groups in total.